The summed E-state index contributed by atoms with van der Waals surface area (Å²) in [5.74, 6) is 1.41. The van der Waals surface area contributed by atoms with E-state index in [9.17, 15) is 0 Å². The zero-order valence-electron chi connectivity index (χ0n) is 11.2. The molecular formula is C14H20N4. The number of nitrogens with zero attached hydrogens (tertiary/aromatic N) is 2. The summed E-state index contributed by atoms with van der Waals surface area (Å²) < 4.78 is 0. The van der Waals surface area contributed by atoms with Crippen LogP contribution in [0.15, 0.2) is 18.3 Å². The van der Waals surface area contributed by atoms with Crippen molar-refractivity contribution in [3.63, 3.8) is 0 Å². The van der Waals surface area contributed by atoms with Crippen LogP contribution >= 0.6 is 0 Å². The second kappa shape index (κ2) is 3.97. The van der Waals surface area contributed by atoms with Crippen molar-refractivity contribution in [2.45, 2.75) is 44.9 Å². The summed E-state index contributed by atoms with van der Waals surface area (Å²) in [6.07, 6.45) is 4.28. The minimum atomic E-state index is 0.168. The van der Waals surface area contributed by atoms with Gasteiger partial charge in [0.1, 0.15) is 0 Å². The number of hydrogen-bond donors (Lipinski definition) is 2. The minimum Gasteiger partial charge on any atom is -0.283 e. The molecule has 0 radical (unpaired) electrons. The summed E-state index contributed by atoms with van der Waals surface area (Å²) in [7, 11) is 0. The SMILES string of the molecule is Cc1cc(C2CC2CC(C)(C)c2ccn[nH]2)n[nH]1. The van der Waals surface area contributed by atoms with Crippen LogP contribution in [0.3, 0.4) is 0 Å². The van der Waals surface area contributed by atoms with E-state index in [1.54, 1.807) is 0 Å². The lowest BCUT2D eigenvalue weighted by atomic mass is 9.83. The van der Waals surface area contributed by atoms with E-state index < -0.39 is 0 Å². The largest absolute Gasteiger partial charge is 0.283 e. The number of rotatable bonds is 4. The van der Waals surface area contributed by atoms with Gasteiger partial charge >= 0.3 is 0 Å². The molecule has 96 valence electrons. The van der Waals surface area contributed by atoms with E-state index in [-0.39, 0.29) is 5.41 Å². The number of aromatic nitrogens is 4. The molecule has 2 unspecified atom stereocenters. The summed E-state index contributed by atoms with van der Waals surface area (Å²) in [5.41, 5.74) is 3.79. The molecule has 0 bridgehead atoms. The quantitative estimate of drug-likeness (QED) is 0.868. The molecule has 1 saturated carbocycles. The first-order valence-corrected chi connectivity index (χ1v) is 6.58. The fraction of sp³-hybridized carbons (Fsp3) is 0.571. The molecule has 2 heterocycles. The van der Waals surface area contributed by atoms with Gasteiger partial charge in [0.15, 0.2) is 0 Å². The van der Waals surface area contributed by atoms with Crippen molar-refractivity contribution >= 4 is 0 Å². The molecule has 2 N–H and O–H groups in total. The molecule has 4 heteroatoms. The average Bonchev–Trinajstić information content (AvgIpc) is 2.78. The second-order valence-electron chi connectivity index (χ2n) is 6.14. The highest BCUT2D eigenvalue weighted by Gasteiger charge is 2.43. The van der Waals surface area contributed by atoms with E-state index in [4.69, 9.17) is 0 Å². The molecule has 1 fully saturated rings. The van der Waals surface area contributed by atoms with Gasteiger partial charge in [0.25, 0.3) is 0 Å². The Bertz CT molecular complexity index is 524. The standard InChI is InChI=1S/C14H20N4/c1-9-6-12(17-16-9)11-7-10(11)8-14(2,3)13-4-5-15-18-13/h4-6,10-11H,7-8H2,1-3H3,(H,15,18)(H,16,17). The van der Waals surface area contributed by atoms with Crippen LogP contribution < -0.4 is 0 Å². The molecule has 4 nitrogen and oxygen atoms in total. The molecule has 2 aromatic heterocycles. The Morgan fingerprint density at radius 3 is 2.83 bits per heavy atom. The van der Waals surface area contributed by atoms with Crippen molar-refractivity contribution in [1.82, 2.24) is 20.4 Å². The fourth-order valence-electron chi connectivity index (χ4n) is 2.86. The number of aromatic amines is 2. The third-order valence-electron chi connectivity index (χ3n) is 4.03. The smallest absolute Gasteiger partial charge is 0.0658 e. The fourth-order valence-corrected chi connectivity index (χ4v) is 2.86. The monoisotopic (exact) mass is 244 g/mol. The number of aryl methyl sites for hydroxylation is 1. The van der Waals surface area contributed by atoms with Gasteiger partial charge in [-0.2, -0.15) is 10.2 Å². The highest BCUT2D eigenvalue weighted by atomic mass is 15.1. The van der Waals surface area contributed by atoms with Gasteiger partial charge < -0.3 is 0 Å². The lowest BCUT2D eigenvalue weighted by molar-refractivity contribution is 0.429. The van der Waals surface area contributed by atoms with Crippen molar-refractivity contribution < 1.29 is 0 Å². The van der Waals surface area contributed by atoms with Crippen LogP contribution in [0.25, 0.3) is 0 Å². The number of nitrogens with one attached hydrogen (secondary N) is 2. The summed E-state index contributed by atoms with van der Waals surface area (Å²) >= 11 is 0. The molecule has 0 aliphatic heterocycles. The van der Waals surface area contributed by atoms with Gasteiger partial charge in [-0.1, -0.05) is 13.8 Å². The molecule has 2 atom stereocenters. The van der Waals surface area contributed by atoms with E-state index in [0.717, 1.165) is 11.6 Å². The van der Waals surface area contributed by atoms with Gasteiger partial charge in [-0.3, -0.25) is 10.2 Å². The third-order valence-corrected chi connectivity index (χ3v) is 4.03. The van der Waals surface area contributed by atoms with Crippen LogP contribution in [0, 0.1) is 12.8 Å². The Hall–Kier alpha value is -1.58. The van der Waals surface area contributed by atoms with Gasteiger partial charge in [0, 0.05) is 28.9 Å². The van der Waals surface area contributed by atoms with Crippen LogP contribution in [0.2, 0.25) is 0 Å². The maximum Gasteiger partial charge on any atom is 0.0658 e. The highest BCUT2D eigenvalue weighted by Crippen LogP contribution is 2.52. The van der Waals surface area contributed by atoms with E-state index >= 15 is 0 Å². The van der Waals surface area contributed by atoms with Crippen molar-refractivity contribution in [1.29, 1.82) is 0 Å². The first-order chi connectivity index (χ1) is 8.56. The minimum absolute atomic E-state index is 0.168. The van der Waals surface area contributed by atoms with E-state index in [2.05, 4.69) is 53.3 Å². The average molecular weight is 244 g/mol. The van der Waals surface area contributed by atoms with Gasteiger partial charge in [-0.05, 0) is 37.8 Å². The molecule has 1 aliphatic carbocycles. The first kappa shape index (κ1) is 11.5. The second-order valence-corrected chi connectivity index (χ2v) is 6.14. The topological polar surface area (TPSA) is 57.4 Å². The molecule has 2 aromatic rings. The molecular weight excluding hydrogens is 224 g/mol. The lowest BCUT2D eigenvalue weighted by Gasteiger charge is -2.22. The van der Waals surface area contributed by atoms with Crippen molar-refractivity contribution in [3.05, 3.63) is 35.4 Å². The van der Waals surface area contributed by atoms with Crippen LogP contribution in [0.5, 0.6) is 0 Å². The molecule has 0 amide bonds. The zero-order valence-corrected chi connectivity index (χ0v) is 11.2. The lowest BCUT2D eigenvalue weighted by Crippen LogP contribution is -2.18. The van der Waals surface area contributed by atoms with Crippen LogP contribution in [-0.2, 0) is 5.41 Å². The maximum absolute atomic E-state index is 4.38. The maximum atomic E-state index is 4.38. The molecule has 0 saturated heterocycles. The zero-order chi connectivity index (χ0) is 12.8. The first-order valence-electron chi connectivity index (χ1n) is 6.58. The van der Waals surface area contributed by atoms with Crippen molar-refractivity contribution in [2.75, 3.05) is 0 Å². The van der Waals surface area contributed by atoms with E-state index in [1.807, 2.05) is 6.20 Å². The normalized spacial score (nSPS) is 23.3. The molecule has 1 aliphatic rings. The van der Waals surface area contributed by atoms with E-state index in [0.29, 0.717) is 5.92 Å². The summed E-state index contributed by atoms with van der Waals surface area (Å²) in [5, 5.41) is 14.6. The molecule has 3 rings (SSSR count). The Kier molecular flexibility index (Phi) is 2.54. The van der Waals surface area contributed by atoms with Crippen molar-refractivity contribution in [3.8, 4) is 0 Å². The number of hydrogen-bond acceptors (Lipinski definition) is 2. The summed E-state index contributed by atoms with van der Waals surface area (Å²) in [4.78, 5) is 0. The Morgan fingerprint density at radius 1 is 1.39 bits per heavy atom. The van der Waals surface area contributed by atoms with Crippen LogP contribution in [0.1, 0.15) is 49.7 Å². The van der Waals surface area contributed by atoms with Gasteiger partial charge in [-0.15, -0.1) is 0 Å². The Labute approximate surface area is 107 Å². The Morgan fingerprint density at radius 2 is 2.22 bits per heavy atom. The van der Waals surface area contributed by atoms with E-state index in [1.165, 1.54) is 24.2 Å². The third kappa shape index (κ3) is 2.07. The summed E-state index contributed by atoms with van der Waals surface area (Å²) in [6, 6.07) is 4.25. The molecule has 0 aromatic carbocycles. The molecule has 0 spiro atoms. The van der Waals surface area contributed by atoms with Gasteiger partial charge in [0.05, 0.1) is 5.69 Å². The van der Waals surface area contributed by atoms with Gasteiger partial charge in [-0.25, -0.2) is 0 Å². The highest BCUT2D eigenvalue weighted by molar-refractivity contribution is 5.22. The van der Waals surface area contributed by atoms with Crippen LogP contribution in [0.4, 0.5) is 0 Å². The number of H-pyrrole nitrogens is 2. The predicted molar refractivity (Wildman–Crippen MR) is 70.4 cm³/mol. The van der Waals surface area contributed by atoms with Gasteiger partial charge in [0.2, 0.25) is 0 Å². The molecule has 18 heavy (non-hydrogen) atoms. The van der Waals surface area contributed by atoms with Crippen LogP contribution in [-0.4, -0.2) is 20.4 Å². The Balaban J connectivity index is 1.66. The predicted octanol–water partition coefficient (Wildman–Crippen LogP) is 2.91. The van der Waals surface area contributed by atoms with Crippen molar-refractivity contribution in [2.24, 2.45) is 5.92 Å². The summed E-state index contributed by atoms with van der Waals surface area (Å²) in [6.45, 7) is 6.62.